The number of halogens is 1. The van der Waals surface area contributed by atoms with Crippen LogP contribution in [-0.2, 0) is 18.2 Å². The number of aromatic nitrogens is 2. The van der Waals surface area contributed by atoms with Crippen LogP contribution in [0.5, 0.6) is 0 Å². The maximum Gasteiger partial charge on any atom is 0.0738 e. The summed E-state index contributed by atoms with van der Waals surface area (Å²) in [6.07, 6.45) is 3.16. The van der Waals surface area contributed by atoms with Gasteiger partial charge in [0.15, 0.2) is 0 Å². The molecule has 1 fully saturated rings. The molecule has 2 N–H and O–H groups in total. The molecule has 0 saturated carbocycles. The summed E-state index contributed by atoms with van der Waals surface area (Å²) in [5.74, 6) is 0.478. The Labute approximate surface area is 111 Å². The van der Waals surface area contributed by atoms with Gasteiger partial charge in [-0.2, -0.15) is 5.10 Å². The summed E-state index contributed by atoms with van der Waals surface area (Å²) in [6, 6.07) is 0.154. The van der Waals surface area contributed by atoms with Crippen LogP contribution >= 0.6 is 15.9 Å². The highest BCUT2D eigenvalue weighted by Gasteiger charge is 2.23. The van der Waals surface area contributed by atoms with Gasteiger partial charge in [0.05, 0.1) is 22.5 Å². The number of ether oxygens (including phenoxy) is 1. The van der Waals surface area contributed by atoms with Crippen LogP contribution in [0, 0.1) is 12.8 Å². The highest BCUT2D eigenvalue weighted by Crippen LogP contribution is 2.24. The van der Waals surface area contributed by atoms with Crippen molar-refractivity contribution >= 4 is 15.9 Å². The van der Waals surface area contributed by atoms with E-state index in [4.69, 9.17) is 10.5 Å². The number of rotatable bonds is 3. The fourth-order valence-corrected chi connectivity index (χ4v) is 2.89. The second-order valence-corrected chi connectivity index (χ2v) is 5.61. The summed E-state index contributed by atoms with van der Waals surface area (Å²) in [7, 11) is 1.97. The van der Waals surface area contributed by atoms with Crippen LogP contribution in [0.4, 0.5) is 0 Å². The van der Waals surface area contributed by atoms with E-state index in [9.17, 15) is 0 Å². The summed E-state index contributed by atoms with van der Waals surface area (Å²) in [4.78, 5) is 0. The lowest BCUT2D eigenvalue weighted by atomic mass is 9.91. The maximum atomic E-state index is 6.29. The summed E-state index contributed by atoms with van der Waals surface area (Å²) < 4.78 is 8.50. The fourth-order valence-electron chi connectivity index (χ4n) is 2.40. The SMILES string of the molecule is Cc1nn(C)c(CC(N)C2CCCOC2)c1Br. The van der Waals surface area contributed by atoms with Gasteiger partial charge in [-0.3, -0.25) is 4.68 Å². The molecule has 0 spiro atoms. The molecule has 2 atom stereocenters. The van der Waals surface area contributed by atoms with Crippen LogP contribution in [0.15, 0.2) is 4.47 Å². The second kappa shape index (κ2) is 5.50. The molecular formula is C12H20BrN3O. The van der Waals surface area contributed by atoms with E-state index in [1.807, 2.05) is 18.7 Å². The van der Waals surface area contributed by atoms with Gasteiger partial charge in [0.25, 0.3) is 0 Å². The van der Waals surface area contributed by atoms with E-state index in [1.54, 1.807) is 0 Å². The number of aryl methyl sites for hydroxylation is 2. The molecule has 1 aliphatic rings. The topological polar surface area (TPSA) is 53.1 Å². The molecule has 0 aliphatic carbocycles. The van der Waals surface area contributed by atoms with E-state index >= 15 is 0 Å². The first-order valence-corrected chi connectivity index (χ1v) is 6.90. The van der Waals surface area contributed by atoms with E-state index < -0.39 is 0 Å². The van der Waals surface area contributed by atoms with Crippen molar-refractivity contribution in [3.8, 4) is 0 Å². The molecule has 1 aromatic heterocycles. The first kappa shape index (κ1) is 13.1. The molecule has 17 heavy (non-hydrogen) atoms. The molecule has 2 unspecified atom stereocenters. The monoisotopic (exact) mass is 301 g/mol. The Balaban J connectivity index is 2.04. The normalized spacial score (nSPS) is 22.7. The standard InChI is InChI=1S/C12H20BrN3O/c1-8-12(13)11(16(2)15-8)6-10(14)9-4-3-5-17-7-9/h9-10H,3-7,14H2,1-2H3. The second-order valence-electron chi connectivity index (χ2n) is 4.81. The lowest BCUT2D eigenvalue weighted by Crippen LogP contribution is -2.37. The minimum Gasteiger partial charge on any atom is -0.381 e. The van der Waals surface area contributed by atoms with Crippen molar-refractivity contribution in [3.05, 3.63) is 15.9 Å². The van der Waals surface area contributed by atoms with E-state index in [2.05, 4.69) is 21.0 Å². The largest absolute Gasteiger partial charge is 0.381 e. The summed E-state index contributed by atoms with van der Waals surface area (Å²) in [5, 5.41) is 4.39. The minimum atomic E-state index is 0.154. The third kappa shape index (κ3) is 2.89. The van der Waals surface area contributed by atoms with Gasteiger partial charge in [0.2, 0.25) is 0 Å². The number of nitrogens with two attached hydrogens (primary N) is 1. The van der Waals surface area contributed by atoms with Gasteiger partial charge in [-0.05, 0) is 41.6 Å². The number of hydrogen-bond acceptors (Lipinski definition) is 3. The molecule has 1 aliphatic heterocycles. The zero-order valence-corrected chi connectivity index (χ0v) is 12.0. The molecule has 2 heterocycles. The van der Waals surface area contributed by atoms with Crippen LogP contribution in [0.3, 0.4) is 0 Å². The van der Waals surface area contributed by atoms with Crippen LogP contribution < -0.4 is 5.73 Å². The van der Waals surface area contributed by atoms with Crippen LogP contribution in [0.2, 0.25) is 0 Å². The van der Waals surface area contributed by atoms with Crippen molar-refractivity contribution < 1.29 is 4.74 Å². The molecule has 5 heteroatoms. The molecule has 0 amide bonds. The number of nitrogens with zero attached hydrogens (tertiary/aromatic N) is 2. The number of hydrogen-bond donors (Lipinski definition) is 1. The Hall–Kier alpha value is -0.390. The van der Waals surface area contributed by atoms with Gasteiger partial charge in [-0.25, -0.2) is 0 Å². The molecule has 2 rings (SSSR count). The van der Waals surface area contributed by atoms with Gasteiger partial charge < -0.3 is 10.5 Å². The summed E-state index contributed by atoms with van der Waals surface area (Å²) in [5.41, 5.74) is 8.49. The third-order valence-electron chi connectivity index (χ3n) is 3.49. The van der Waals surface area contributed by atoms with E-state index in [-0.39, 0.29) is 6.04 Å². The Morgan fingerprint density at radius 1 is 1.65 bits per heavy atom. The lowest BCUT2D eigenvalue weighted by molar-refractivity contribution is 0.0447. The van der Waals surface area contributed by atoms with Crippen LogP contribution in [0.1, 0.15) is 24.2 Å². The van der Waals surface area contributed by atoms with Crippen molar-refractivity contribution in [3.63, 3.8) is 0 Å². The molecule has 1 saturated heterocycles. The zero-order chi connectivity index (χ0) is 12.4. The lowest BCUT2D eigenvalue weighted by Gasteiger charge is -2.27. The van der Waals surface area contributed by atoms with Crippen molar-refractivity contribution in [2.75, 3.05) is 13.2 Å². The summed E-state index contributed by atoms with van der Waals surface area (Å²) in [6.45, 7) is 3.69. The van der Waals surface area contributed by atoms with Gasteiger partial charge >= 0.3 is 0 Å². The average molecular weight is 302 g/mol. The smallest absolute Gasteiger partial charge is 0.0738 e. The van der Waals surface area contributed by atoms with Gasteiger partial charge in [-0.1, -0.05) is 0 Å². The predicted molar refractivity (Wildman–Crippen MR) is 70.9 cm³/mol. The molecule has 0 bridgehead atoms. The highest BCUT2D eigenvalue weighted by atomic mass is 79.9. The molecular weight excluding hydrogens is 282 g/mol. The Bertz CT molecular complexity index is 385. The average Bonchev–Trinajstić information content (AvgIpc) is 2.57. The Morgan fingerprint density at radius 3 is 2.94 bits per heavy atom. The minimum absolute atomic E-state index is 0.154. The van der Waals surface area contributed by atoms with Crippen molar-refractivity contribution in [1.29, 1.82) is 0 Å². The first-order valence-electron chi connectivity index (χ1n) is 6.11. The van der Waals surface area contributed by atoms with E-state index in [0.29, 0.717) is 5.92 Å². The molecule has 0 radical (unpaired) electrons. The Morgan fingerprint density at radius 2 is 2.41 bits per heavy atom. The fraction of sp³-hybridized carbons (Fsp3) is 0.750. The third-order valence-corrected chi connectivity index (χ3v) is 4.52. The van der Waals surface area contributed by atoms with Crippen molar-refractivity contribution in [2.45, 2.75) is 32.2 Å². The predicted octanol–water partition coefficient (Wildman–Crippen LogP) is 1.79. The van der Waals surface area contributed by atoms with Gasteiger partial charge in [-0.15, -0.1) is 0 Å². The van der Waals surface area contributed by atoms with Crippen LogP contribution in [0.25, 0.3) is 0 Å². The zero-order valence-electron chi connectivity index (χ0n) is 10.4. The first-order chi connectivity index (χ1) is 8.09. The van der Waals surface area contributed by atoms with Crippen molar-refractivity contribution in [1.82, 2.24) is 9.78 Å². The maximum absolute atomic E-state index is 6.29. The van der Waals surface area contributed by atoms with Gasteiger partial charge in [0.1, 0.15) is 0 Å². The highest BCUT2D eigenvalue weighted by molar-refractivity contribution is 9.10. The molecule has 4 nitrogen and oxygen atoms in total. The van der Waals surface area contributed by atoms with Crippen LogP contribution in [-0.4, -0.2) is 29.0 Å². The van der Waals surface area contributed by atoms with Crippen molar-refractivity contribution in [2.24, 2.45) is 18.7 Å². The molecule has 1 aromatic rings. The summed E-state index contributed by atoms with van der Waals surface area (Å²) >= 11 is 3.58. The molecule has 96 valence electrons. The Kier molecular flexibility index (Phi) is 4.22. The van der Waals surface area contributed by atoms with E-state index in [1.165, 1.54) is 12.1 Å². The van der Waals surface area contributed by atoms with E-state index in [0.717, 1.165) is 36.2 Å². The molecule has 0 aromatic carbocycles. The quantitative estimate of drug-likeness (QED) is 0.926. The van der Waals surface area contributed by atoms with Gasteiger partial charge in [0, 0.05) is 26.1 Å².